The molecule has 0 aliphatic carbocycles. The van der Waals surface area contributed by atoms with Crippen LogP contribution in [0.5, 0.6) is 0 Å². The Balaban J connectivity index is 0.000000645. The molecule has 3 aromatic rings. The lowest BCUT2D eigenvalue weighted by molar-refractivity contribution is -0.122. The van der Waals surface area contributed by atoms with Gasteiger partial charge in [-0.2, -0.15) is 0 Å². The third-order valence-electron chi connectivity index (χ3n) is 6.26. The standard InChI is InChI=1S/C22H26N4.CH2O2/c1-2-13-25-14-5-6-17(21(25)10-1)16-26-15-12-24-22(26)19-7-3-9-20-18(19)8-4-11-23-20;2-1-3/h3-4,7-9,11-12,15,17,21H,1-2,5-6,10,13-14,16H2;1H,(H,2,3)/t17-,21+;/m0./s1. The Morgan fingerprint density at radius 2 is 1.90 bits per heavy atom. The van der Waals surface area contributed by atoms with Gasteiger partial charge in [0.05, 0.1) is 5.52 Å². The van der Waals surface area contributed by atoms with Gasteiger partial charge in [0, 0.05) is 42.1 Å². The Hall–Kier alpha value is -2.73. The van der Waals surface area contributed by atoms with Crippen LogP contribution in [0.3, 0.4) is 0 Å². The van der Waals surface area contributed by atoms with E-state index in [1.54, 1.807) is 0 Å². The molecule has 29 heavy (non-hydrogen) atoms. The summed E-state index contributed by atoms with van der Waals surface area (Å²) in [5.74, 6) is 1.82. The van der Waals surface area contributed by atoms with Crippen molar-refractivity contribution in [2.75, 3.05) is 13.1 Å². The van der Waals surface area contributed by atoms with Gasteiger partial charge in [-0.1, -0.05) is 24.6 Å². The third-order valence-corrected chi connectivity index (χ3v) is 6.26. The molecule has 2 aromatic heterocycles. The molecule has 1 aromatic carbocycles. The second-order valence-corrected chi connectivity index (χ2v) is 7.89. The maximum Gasteiger partial charge on any atom is 0.290 e. The summed E-state index contributed by atoms with van der Waals surface area (Å²) in [5.41, 5.74) is 2.23. The van der Waals surface area contributed by atoms with Crippen molar-refractivity contribution in [3.8, 4) is 11.4 Å². The molecule has 6 nitrogen and oxygen atoms in total. The number of hydrogen-bond acceptors (Lipinski definition) is 4. The quantitative estimate of drug-likeness (QED) is 0.681. The second-order valence-electron chi connectivity index (χ2n) is 7.89. The molecule has 2 aliphatic heterocycles. The zero-order valence-corrected chi connectivity index (χ0v) is 16.7. The summed E-state index contributed by atoms with van der Waals surface area (Å²) in [7, 11) is 0. The van der Waals surface area contributed by atoms with Gasteiger partial charge in [0.1, 0.15) is 5.82 Å². The average molecular weight is 393 g/mol. The van der Waals surface area contributed by atoms with Gasteiger partial charge in [0.15, 0.2) is 0 Å². The molecule has 2 atom stereocenters. The van der Waals surface area contributed by atoms with Crippen molar-refractivity contribution >= 4 is 17.4 Å². The van der Waals surface area contributed by atoms with Gasteiger partial charge in [0.2, 0.25) is 0 Å². The molecule has 5 rings (SSSR count). The summed E-state index contributed by atoms with van der Waals surface area (Å²) in [6.07, 6.45) is 12.8. The summed E-state index contributed by atoms with van der Waals surface area (Å²) in [4.78, 5) is 20.3. The minimum atomic E-state index is -0.250. The lowest BCUT2D eigenvalue weighted by Gasteiger charge is -2.44. The SMILES string of the molecule is O=CO.c1cc(-c2nccn2C[C@@H]2CCCN3CCCC[C@H]23)c2cccnc2c1. The van der Waals surface area contributed by atoms with E-state index >= 15 is 0 Å². The molecule has 152 valence electrons. The van der Waals surface area contributed by atoms with Gasteiger partial charge in [-0.3, -0.25) is 9.78 Å². The smallest absolute Gasteiger partial charge is 0.290 e. The van der Waals surface area contributed by atoms with E-state index in [2.05, 4.69) is 44.9 Å². The lowest BCUT2D eigenvalue weighted by atomic mass is 9.83. The molecular weight excluding hydrogens is 364 g/mol. The molecule has 0 radical (unpaired) electrons. The number of carbonyl (C=O) groups is 1. The predicted molar refractivity (Wildman–Crippen MR) is 114 cm³/mol. The number of hydrogen-bond donors (Lipinski definition) is 1. The topological polar surface area (TPSA) is 71.2 Å². The summed E-state index contributed by atoms with van der Waals surface area (Å²) >= 11 is 0. The number of rotatable bonds is 3. The van der Waals surface area contributed by atoms with Crippen LogP contribution in [0.15, 0.2) is 48.9 Å². The van der Waals surface area contributed by atoms with E-state index in [-0.39, 0.29) is 6.47 Å². The molecule has 2 aliphatic rings. The Kier molecular flexibility index (Phi) is 6.20. The summed E-state index contributed by atoms with van der Waals surface area (Å²) in [6, 6.07) is 11.3. The highest BCUT2D eigenvalue weighted by molar-refractivity contribution is 5.92. The van der Waals surface area contributed by atoms with E-state index in [0.29, 0.717) is 0 Å². The van der Waals surface area contributed by atoms with Crippen molar-refractivity contribution in [3.63, 3.8) is 0 Å². The van der Waals surface area contributed by atoms with E-state index in [4.69, 9.17) is 14.9 Å². The highest BCUT2D eigenvalue weighted by Crippen LogP contribution is 2.33. The van der Waals surface area contributed by atoms with Gasteiger partial charge in [-0.15, -0.1) is 0 Å². The molecule has 0 saturated carbocycles. The van der Waals surface area contributed by atoms with Gasteiger partial charge < -0.3 is 14.6 Å². The van der Waals surface area contributed by atoms with E-state index < -0.39 is 0 Å². The highest BCUT2D eigenvalue weighted by atomic mass is 16.3. The molecule has 6 heteroatoms. The van der Waals surface area contributed by atoms with E-state index in [0.717, 1.165) is 29.8 Å². The molecule has 1 N–H and O–H groups in total. The fourth-order valence-electron chi connectivity index (χ4n) is 5.04. The third kappa shape index (κ3) is 4.17. The van der Waals surface area contributed by atoms with E-state index in [1.165, 1.54) is 56.1 Å². The minimum absolute atomic E-state index is 0.250. The first-order valence-corrected chi connectivity index (χ1v) is 10.5. The molecular formula is C23H28N4O2. The van der Waals surface area contributed by atoms with Crippen LogP contribution in [0.2, 0.25) is 0 Å². The zero-order chi connectivity index (χ0) is 20.1. The van der Waals surface area contributed by atoms with Crippen LogP contribution in [0.1, 0.15) is 32.1 Å². The predicted octanol–water partition coefficient (Wildman–Crippen LogP) is 4.06. The van der Waals surface area contributed by atoms with Gasteiger partial charge in [0.25, 0.3) is 6.47 Å². The fourth-order valence-corrected chi connectivity index (χ4v) is 5.04. The van der Waals surface area contributed by atoms with Crippen molar-refractivity contribution in [2.24, 2.45) is 5.92 Å². The van der Waals surface area contributed by atoms with Crippen LogP contribution in [0.25, 0.3) is 22.3 Å². The molecule has 2 fully saturated rings. The van der Waals surface area contributed by atoms with Crippen molar-refractivity contribution in [2.45, 2.75) is 44.7 Å². The first-order valence-electron chi connectivity index (χ1n) is 10.5. The number of imidazole rings is 1. The zero-order valence-electron chi connectivity index (χ0n) is 16.7. The largest absolute Gasteiger partial charge is 0.483 e. The van der Waals surface area contributed by atoms with Crippen LogP contribution < -0.4 is 0 Å². The van der Waals surface area contributed by atoms with Crippen molar-refractivity contribution in [3.05, 3.63) is 48.9 Å². The lowest BCUT2D eigenvalue weighted by Crippen LogP contribution is -2.49. The average Bonchev–Trinajstić information content (AvgIpc) is 3.22. The van der Waals surface area contributed by atoms with Crippen LogP contribution in [-0.2, 0) is 11.3 Å². The Morgan fingerprint density at radius 1 is 1.03 bits per heavy atom. The van der Waals surface area contributed by atoms with Crippen molar-refractivity contribution in [1.29, 1.82) is 0 Å². The van der Waals surface area contributed by atoms with Crippen LogP contribution in [0, 0.1) is 5.92 Å². The van der Waals surface area contributed by atoms with Gasteiger partial charge >= 0.3 is 0 Å². The monoisotopic (exact) mass is 392 g/mol. The highest BCUT2D eigenvalue weighted by Gasteiger charge is 2.33. The number of piperidine rings is 2. The molecule has 0 spiro atoms. The maximum atomic E-state index is 8.36. The Morgan fingerprint density at radius 3 is 2.79 bits per heavy atom. The van der Waals surface area contributed by atoms with E-state index in [9.17, 15) is 0 Å². The Bertz CT molecular complexity index is 947. The molecule has 0 amide bonds. The fraction of sp³-hybridized carbons (Fsp3) is 0.435. The van der Waals surface area contributed by atoms with E-state index in [1.807, 2.05) is 18.5 Å². The van der Waals surface area contributed by atoms with Crippen LogP contribution >= 0.6 is 0 Å². The summed E-state index contributed by atoms with van der Waals surface area (Å²) in [5, 5.41) is 8.07. The number of fused-ring (bicyclic) bond motifs is 2. The first kappa shape index (κ1) is 19.6. The van der Waals surface area contributed by atoms with Crippen LogP contribution in [-0.4, -0.2) is 50.1 Å². The second kappa shape index (κ2) is 9.18. The number of carboxylic acid groups (broad SMARTS) is 1. The molecule has 0 bridgehead atoms. The van der Waals surface area contributed by atoms with Gasteiger partial charge in [-0.25, -0.2) is 4.98 Å². The number of benzene rings is 1. The molecule has 2 saturated heterocycles. The minimum Gasteiger partial charge on any atom is -0.483 e. The van der Waals surface area contributed by atoms with Crippen LogP contribution in [0.4, 0.5) is 0 Å². The van der Waals surface area contributed by atoms with Gasteiger partial charge in [-0.05, 0) is 56.8 Å². The number of pyridine rings is 1. The maximum absolute atomic E-state index is 8.36. The van der Waals surface area contributed by atoms with Crippen molar-refractivity contribution in [1.82, 2.24) is 19.4 Å². The molecule has 4 heterocycles. The summed E-state index contributed by atoms with van der Waals surface area (Å²) < 4.78 is 2.38. The number of nitrogens with zero attached hydrogens (tertiary/aromatic N) is 4. The van der Waals surface area contributed by atoms with Crippen molar-refractivity contribution < 1.29 is 9.90 Å². The Labute approximate surface area is 171 Å². The summed E-state index contributed by atoms with van der Waals surface area (Å²) in [6.45, 7) is 3.42. The number of aromatic nitrogens is 3. The first-order chi connectivity index (χ1) is 14.3. The molecule has 0 unspecified atom stereocenters. The normalized spacial score (nSPS) is 21.8.